The highest BCUT2D eigenvalue weighted by Crippen LogP contribution is 2.32. The van der Waals surface area contributed by atoms with Crippen LogP contribution in [0.1, 0.15) is 38.8 Å². The van der Waals surface area contributed by atoms with Gasteiger partial charge in [-0.2, -0.15) is 0 Å². The minimum atomic E-state index is -0.373. The number of phenolic OH excluding ortho intramolecular Hbond substituents is 2. The summed E-state index contributed by atoms with van der Waals surface area (Å²) in [6.07, 6.45) is 0.251. The number of rotatable bonds is 5. The van der Waals surface area contributed by atoms with Crippen LogP contribution in [0.5, 0.6) is 11.5 Å². The summed E-state index contributed by atoms with van der Waals surface area (Å²) in [5, 5.41) is 31.9. The van der Waals surface area contributed by atoms with Gasteiger partial charge in [-0.3, -0.25) is 0 Å². The zero-order valence-corrected chi connectivity index (χ0v) is 10.5. The monoisotopic (exact) mass is 239 g/mol. The third-order valence-corrected chi connectivity index (χ3v) is 2.72. The third-order valence-electron chi connectivity index (χ3n) is 2.72. The Balaban J connectivity index is 2.73. The summed E-state index contributed by atoms with van der Waals surface area (Å²) < 4.78 is 0. The van der Waals surface area contributed by atoms with Gasteiger partial charge in [-0.25, -0.2) is 0 Å². The summed E-state index contributed by atoms with van der Waals surface area (Å²) in [6.45, 7) is 5.56. The van der Waals surface area contributed by atoms with Crippen molar-refractivity contribution in [3.63, 3.8) is 0 Å². The van der Waals surface area contributed by atoms with Gasteiger partial charge in [0.25, 0.3) is 0 Å². The molecule has 0 bridgehead atoms. The molecule has 1 aromatic rings. The maximum atomic E-state index is 9.71. The van der Waals surface area contributed by atoms with Gasteiger partial charge in [0, 0.05) is 12.1 Å². The van der Waals surface area contributed by atoms with Crippen LogP contribution in [0.15, 0.2) is 18.2 Å². The molecule has 0 saturated carbocycles. The normalized spacial score (nSPS) is 16.5. The Morgan fingerprint density at radius 3 is 2.12 bits per heavy atom. The van der Waals surface area contributed by atoms with E-state index in [1.807, 2.05) is 13.8 Å². The maximum Gasteiger partial charge on any atom is 0.124 e. The van der Waals surface area contributed by atoms with Crippen molar-refractivity contribution >= 4 is 0 Å². The van der Waals surface area contributed by atoms with Crippen LogP contribution < -0.4 is 5.32 Å². The molecule has 4 N–H and O–H groups in total. The summed E-state index contributed by atoms with van der Waals surface area (Å²) in [5.41, 5.74) is 0.491. The van der Waals surface area contributed by atoms with Gasteiger partial charge in [-0.1, -0.05) is 6.07 Å². The van der Waals surface area contributed by atoms with Crippen molar-refractivity contribution < 1.29 is 15.3 Å². The average Bonchev–Trinajstić information content (AvgIpc) is 2.15. The van der Waals surface area contributed by atoms with Crippen LogP contribution in [0.25, 0.3) is 0 Å². The Hall–Kier alpha value is -1.26. The second-order valence-electron chi connectivity index (χ2n) is 4.58. The van der Waals surface area contributed by atoms with E-state index < -0.39 is 0 Å². The molecule has 3 unspecified atom stereocenters. The van der Waals surface area contributed by atoms with E-state index in [2.05, 4.69) is 5.32 Å². The first-order valence-corrected chi connectivity index (χ1v) is 5.86. The lowest BCUT2D eigenvalue weighted by Gasteiger charge is -2.22. The zero-order valence-electron chi connectivity index (χ0n) is 10.5. The highest BCUT2D eigenvalue weighted by molar-refractivity contribution is 5.44. The third kappa shape index (κ3) is 3.91. The zero-order chi connectivity index (χ0) is 13.0. The van der Waals surface area contributed by atoms with Gasteiger partial charge in [0.15, 0.2) is 0 Å². The topological polar surface area (TPSA) is 72.7 Å². The molecule has 0 aliphatic carbocycles. The summed E-state index contributed by atoms with van der Waals surface area (Å²) in [4.78, 5) is 0. The van der Waals surface area contributed by atoms with Gasteiger partial charge >= 0.3 is 0 Å². The summed E-state index contributed by atoms with van der Waals surface area (Å²) in [7, 11) is 0. The van der Waals surface area contributed by atoms with Crippen molar-refractivity contribution in [2.45, 2.75) is 45.4 Å². The molecule has 96 valence electrons. The molecule has 4 heteroatoms. The van der Waals surface area contributed by atoms with Crippen LogP contribution >= 0.6 is 0 Å². The SMILES string of the molecule is CC(O)CC(C)NC(C)c1c(O)cccc1O. The van der Waals surface area contributed by atoms with Crippen molar-refractivity contribution in [3.05, 3.63) is 23.8 Å². The predicted octanol–water partition coefficient (Wildman–Crippen LogP) is 1.91. The molecule has 17 heavy (non-hydrogen) atoms. The lowest BCUT2D eigenvalue weighted by molar-refractivity contribution is 0.168. The minimum Gasteiger partial charge on any atom is -0.507 e. The Morgan fingerprint density at radius 1 is 1.12 bits per heavy atom. The largest absolute Gasteiger partial charge is 0.507 e. The van der Waals surface area contributed by atoms with E-state index in [0.717, 1.165) is 0 Å². The molecule has 1 aromatic carbocycles. The predicted molar refractivity (Wildman–Crippen MR) is 67.1 cm³/mol. The number of aromatic hydroxyl groups is 2. The van der Waals surface area contributed by atoms with E-state index in [1.165, 1.54) is 0 Å². The average molecular weight is 239 g/mol. The fourth-order valence-corrected chi connectivity index (χ4v) is 2.07. The first-order valence-electron chi connectivity index (χ1n) is 5.86. The molecule has 0 spiro atoms. The highest BCUT2D eigenvalue weighted by atomic mass is 16.3. The molecule has 0 fully saturated rings. The lowest BCUT2D eigenvalue weighted by atomic mass is 10.0. The van der Waals surface area contributed by atoms with Gasteiger partial charge in [0.05, 0.1) is 11.7 Å². The van der Waals surface area contributed by atoms with E-state index >= 15 is 0 Å². The first kappa shape index (κ1) is 13.8. The second-order valence-corrected chi connectivity index (χ2v) is 4.58. The molecule has 0 amide bonds. The van der Waals surface area contributed by atoms with Crippen LogP contribution in [-0.2, 0) is 0 Å². The molecule has 0 radical (unpaired) electrons. The van der Waals surface area contributed by atoms with Crippen molar-refractivity contribution in [2.75, 3.05) is 0 Å². The molecule has 0 aliphatic heterocycles. The number of hydrogen-bond acceptors (Lipinski definition) is 4. The van der Waals surface area contributed by atoms with E-state index in [0.29, 0.717) is 12.0 Å². The quantitative estimate of drug-likeness (QED) is 0.633. The van der Waals surface area contributed by atoms with Gasteiger partial charge < -0.3 is 20.6 Å². The van der Waals surface area contributed by atoms with Crippen LogP contribution in [0.4, 0.5) is 0 Å². The first-order chi connectivity index (χ1) is 7.91. The number of benzene rings is 1. The number of aliphatic hydroxyl groups is 1. The fraction of sp³-hybridized carbons (Fsp3) is 0.538. The number of nitrogens with one attached hydrogen (secondary N) is 1. The molecule has 0 heterocycles. The highest BCUT2D eigenvalue weighted by Gasteiger charge is 2.17. The molecule has 0 saturated heterocycles. The molecule has 4 nitrogen and oxygen atoms in total. The number of hydrogen-bond donors (Lipinski definition) is 4. The number of aliphatic hydroxyl groups excluding tert-OH is 1. The van der Waals surface area contributed by atoms with Gasteiger partial charge in [0.1, 0.15) is 11.5 Å². The molecule has 0 aliphatic rings. The molecular weight excluding hydrogens is 218 g/mol. The van der Waals surface area contributed by atoms with Crippen molar-refractivity contribution in [3.8, 4) is 11.5 Å². The van der Waals surface area contributed by atoms with Crippen molar-refractivity contribution in [1.82, 2.24) is 5.32 Å². The van der Waals surface area contributed by atoms with Crippen LogP contribution in [0.2, 0.25) is 0 Å². The van der Waals surface area contributed by atoms with Crippen LogP contribution in [-0.4, -0.2) is 27.5 Å². The lowest BCUT2D eigenvalue weighted by Crippen LogP contribution is -2.31. The minimum absolute atomic E-state index is 0.0780. The van der Waals surface area contributed by atoms with Crippen molar-refractivity contribution in [2.24, 2.45) is 0 Å². The van der Waals surface area contributed by atoms with Gasteiger partial charge in [0.2, 0.25) is 0 Å². The fourth-order valence-electron chi connectivity index (χ4n) is 2.07. The smallest absolute Gasteiger partial charge is 0.124 e. The summed E-state index contributed by atoms with van der Waals surface area (Å²) in [5.74, 6) is 0.156. The molecule has 0 aromatic heterocycles. The Labute approximate surface area is 102 Å². The van der Waals surface area contributed by atoms with E-state index in [-0.39, 0.29) is 29.7 Å². The Kier molecular flexibility index (Phi) is 4.78. The van der Waals surface area contributed by atoms with Crippen LogP contribution in [0, 0.1) is 0 Å². The summed E-state index contributed by atoms with van der Waals surface area (Å²) >= 11 is 0. The maximum absolute atomic E-state index is 9.71. The molecule has 1 rings (SSSR count). The van der Waals surface area contributed by atoms with E-state index in [9.17, 15) is 15.3 Å². The Morgan fingerprint density at radius 2 is 1.65 bits per heavy atom. The summed E-state index contributed by atoms with van der Waals surface area (Å²) in [6, 6.07) is 4.62. The van der Waals surface area contributed by atoms with Crippen LogP contribution in [0.3, 0.4) is 0 Å². The van der Waals surface area contributed by atoms with E-state index in [4.69, 9.17) is 0 Å². The van der Waals surface area contributed by atoms with Gasteiger partial charge in [-0.15, -0.1) is 0 Å². The molecular formula is C13H21NO3. The second kappa shape index (κ2) is 5.89. The molecule has 3 atom stereocenters. The number of phenols is 2. The Bertz CT molecular complexity index is 345. The van der Waals surface area contributed by atoms with Crippen molar-refractivity contribution in [1.29, 1.82) is 0 Å². The van der Waals surface area contributed by atoms with E-state index in [1.54, 1.807) is 25.1 Å². The standard InChI is InChI=1S/C13H21NO3/c1-8(7-9(2)15)14-10(3)13-11(16)5-4-6-12(13)17/h4-6,8-10,14-17H,7H2,1-3H3. The van der Waals surface area contributed by atoms with Gasteiger partial charge in [-0.05, 0) is 39.3 Å².